The quantitative estimate of drug-likeness (QED) is 0.382. The van der Waals surface area contributed by atoms with Crippen LogP contribution in [-0.4, -0.2) is 66.9 Å². The first kappa shape index (κ1) is 37.9. The van der Waals surface area contributed by atoms with Gasteiger partial charge in [0.15, 0.2) is 0 Å². The minimum atomic E-state index is -2.33. The van der Waals surface area contributed by atoms with Crippen molar-refractivity contribution in [3.05, 3.63) is 0 Å². The summed E-state index contributed by atoms with van der Waals surface area (Å²) < 4.78 is 0. The third kappa shape index (κ3) is 71.6. The zero-order valence-corrected chi connectivity index (χ0v) is 15.0. The fraction of sp³-hybridized carbons (Fsp3) is 0. The van der Waals surface area contributed by atoms with E-state index in [9.17, 15) is 0 Å². The maximum Gasteiger partial charge on any atom is 2.00 e. The van der Waals surface area contributed by atoms with Crippen molar-refractivity contribution in [2.75, 3.05) is 0 Å². The first-order chi connectivity index (χ1) is 1.73. The molecule has 0 N–H and O–H groups in total. The number of carbonyl (C=O) groups excluding carboxylic acids is 1. The van der Waals surface area contributed by atoms with Crippen LogP contribution < -0.4 is 104 Å². The molecule has 0 aliphatic heterocycles. The van der Waals surface area contributed by atoms with Gasteiger partial charge in [-0.25, -0.2) is 0 Å². The van der Waals surface area contributed by atoms with Crippen LogP contribution in [0, 0.1) is 0 Å². The summed E-state index contributed by atoms with van der Waals surface area (Å²) in [5.41, 5.74) is 0. The molecule has 0 aromatic rings. The Kier molecular flexibility index (Phi) is 124. The predicted octanol–water partition coefficient (Wildman–Crippen LogP) is -12.2. The molecule has 3 nitrogen and oxygen atoms in total. The second kappa shape index (κ2) is 29.5. The molecule has 0 bridgehead atoms. The van der Waals surface area contributed by atoms with E-state index in [1.54, 1.807) is 0 Å². The molecular formula is CCaClKMgNaO3+3. The Morgan fingerprint density at radius 3 is 1.22 bits per heavy atom. The second-order valence-electron chi connectivity index (χ2n) is 0.250. The third-order valence-electron chi connectivity index (χ3n) is 0. The van der Waals surface area contributed by atoms with Gasteiger partial charge in [0.2, 0.25) is 0 Å². The first-order valence-electron chi connectivity index (χ1n) is 0.612. The van der Waals surface area contributed by atoms with E-state index in [0.717, 1.165) is 0 Å². The zero-order valence-electron chi connectivity index (χ0n) is 5.52. The molecule has 0 spiro atoms. The van der Waals surface area contributed by atoms with Gasteiger partial charge in [-0.2, -0.15) is 0 Å². The molecule has 32 valence electrons. The van der Waals surface area contributed by atoms with Crippen LogP contribution in [0.4, 0.5) is 4.79 Å². The molecule has 0 aliphatic carbocycles. The summed E-state index contributed by atoms with van der Waals surface area (Å²) in [7, 11) is 0. The molecule has 0 atom stereocenters. The van der Waals surface area contributed by atoms with Gasteiger partial charge in [0.05, 0.1) is 0 Å². The molecular weight excluding hydrogens is 222 g/mol. The van der Waals surface area contributed by atoms with E-state index in [-0.39, 0.29) is 154 Å². The van der Waals surface area contributed by atoms with Crippen molar-refractivity contribution in [3.8, 4) is 0 Å². The predicted molar refractivity (Wildman–Crippen MR) is 16.9 cm³/mol. The van der Waals surface area contributed by atoms with Gasteiger partial charge in [-0.15, -0.1) is 0 Å². The van der Waals surface area contributed by atoms with Crippen molar-refractivity contribution in [1.82, 2.24) is 0 Å². The fourth-order valence-electron chi connectivity index (χ4n) is 0. The van der Waals surface area contributed by atoms with E-state index in [1.165, 1.54) is 0 Å². The average Bonchev–Trinajstić information content (AvgIpc) is 0.811. The summed E-state index contributed by atoms with van der Waals surface area (Å²) in [5, 5.41) is 16.7. The topological polar surface area (TPSA) is 63.2 Å². The summed E-state index contributed by atoms with van der Waals surface area (Å²) >= 11 is 0. The first-order valence-corrected chi connectivity index (χ1v) is 0.612. The van der Waals surface area contributed by atoms with Crippen molar-refractivity contribution in [1.29, 1.82) is 0 Å². The molecule has 0 radical (unpaired) electrons. The van der Waals surface area contributed by atoms with Crippen molar-refractivity contribution in [2.45, 2.75) is 0 Å². The molecule has 0 heterocycles. The Morgan fingerprint density at radius 2 is 1.22 bits per heavy atom. The van der Waals surface area contributed by atoms with Gasteiger partial charge < -0.3 is 27.4 Å². The number of carboxylic acid groups (broad SMARTS) is 2. The number of hydrogen-bond acceptors (Lipinski definition) is 3. The molecule has 0 unspecified atom stereocenters. The summed E-state index contributed by atoms with van der Waals surface area (Å²) in [5.74, 6) is 0. The Labute approximate surface area is 170 Å². The standard InChI is InChI=1S/CH2O3.Ca.ClH.K.Mg.Na/c2-1(3)4;;;;;/h(H2,2,3,4);;1H;;;/q;+2;;+1;+2;+1/p-3. The molecule has 0 saturated heterocycles. The maximum absolute atomic E-state index is 8.33. The molecule has 0 rings (SSSR count). The van der Waals surface area contributed by atoms with E-state index in [4.69, 9.17) is 15.0 Å². The summed E-state index contributed by atoms with van der Waals surface area (Å²) in [4.78, 5) is 8.33. The van der Waals surface area contributed by atoms with Gasteiger partial charge in [0.1, 0.15) is 0 Å². The molecule has 0 amide bonds. The van der Waals surface area contributed by atoms with Gasteiger partial charge in [-0.1, -0.05) is 0 Å². The minimum Gasteiger partial charge on any atom is -1.00 e. The van der Waals surface area contributed by atoms with E-state index in [1.807, 2.05) is 0 Å². The van der Waals surface area contributed by atoms with Crippen LogP contribution in [-0.2, 0) is 0 Å². The number of rotatable bonds is 0. The van der Waals surface area contributed by atoms with Crippen LogP contribution in [0.25, 0.3) is 0 Å². The molecule has 0 aliphatic rings. The van der Waals surface area contributed by atoms with Gasteiger partial charge in [-0.3, -0.25) is 0 Å². The van der Waals surface area contributed by atoms with Crippen LogP contribution >= 0.6 is 0 Å². The second-order valence-corrected chi connectivity index (χ2v) is 0.250. The van der Waals surface area contributed by atoms with E-state index < -0.39 is 6.16 Å². The maximum atomic E-state index is 8.33. The fourth-order valence-corrected chi connectivity index (χ4v) is 0. The van der Waals surface area contributed by atoms with Gasteiger partial charge in [-0.05, 0) is 6.16 Å². The monoisotopic (exact) mass is 221 g/mol. The van der Waals surface area contributed by atoms with Gasteiger partial charge >= 0.3 is 142 Å². The zero-order chi connectivity index (χ0) is 3.58. The average molecular weight is 222 g/mol. The number of hydrogen-bond donors (Lipinski definition) is 0. The normalized spacial score (nSPS) is 2.67. The molecule has 0 aromatic heterocycles. The Hall–Kier alpha value is 4.22. The Morgan fingerprint density at radius 1 is 1.22 bits per heavy atom. The largest absolute Gasteiger partial charge is 2.00 e. The SMILES string of the molecule is O=C([O-])[O-].[Ca+2].[Cl-].[K+].[Mg+2].[Na+]. The smallest absolute Gasteiger partial charge is 1.00 e. The molecule has 0 saturated carbocycles. The van der Waals surface area contributed by atoms with Crippen LogP contribution in [0.2, 0.25) is 0 Å². The third-order valence-corrected chi connectivity index (χ3v) is 0. The van der Waals surface area contributed by atoms with E-state index in [0.29, 0.717) is 0 Å². The summed E-state index contributed by atoms with van der Waals surface area (Å²) in [6.07, 6.45) is -2.33. The number of carbonyl (C=O) groups is 1. The van der Waals surface area contributed by atoms with Crippen LogP contribution in [0.3, 0.4) is 0 Å². The van der Waals surface area contributed by atoms with Gasteiger partial charge in [0.25, 0.3) is 0 Å². The Bertz CT molecular complexity index is 46.8. The van der Waals surface area contributed by atoms with Crippen LogP contribution in [0.1, 0.15) is 0 Å². The van der Waals surface area contributed by atoms with E-state index >= 15 is 0 Å². The van der Waals surface area contributed by atoms with Crippen molar-refractivity contribution in [2.24, 2.45) is 0 Å². The molecule has 0 aromatic carbocycles. The summed E-state index contributed by atoms with van der Waals surface area (Å²) in [6.45, 7) is 0. The molecule has 8 heteroatoms. The summed E-state index contributed by atoms with van der Waals surface area (Å²) in [6, 6.07) is 0. The molecule has 9 heavy (non-hydrogen) atoms. The Balaban J connectivity index is -0.00000000450. The number of halogens is 1. The molecule has 0 fully saturated rings. The van der Waals surface area contributed by atoms with Crippen molar-refractivity contribution < 1.29 is 108 Å². The van der Waals surface area contributed by atoms with E-state index in [2.05, 4.69) is 0 Å². The van der Waals surface area contributed by atoms with Crippen molar-refractivity contribution in [3.63, 3.8) is 0 Å². The van der Waals surface area contributed by atoms with Crippen LogP contribution in [0.5, 0.6) is 0 Å². The van der Waals surface area contributed by atoms with Crippen molar-refractivity contribution >= 4 is 66.9 Å². The minimum absolute atomic E-state index is 0. The van der Waals surface area contributed by atoms with Gasteiger partial charge in [0, 0.05) is 0 Å². The van der Waals surface area contributed by atoms with Crippen LogP contribution in [0.15, 0.2) is 0 Å².